The number of carbonyl (C=O) groups is 1. The van der Waals surface area contributed by atoms with Gasteiger partial charge in [-0.25, -0.2) is 9.38 Å². The van der Waals surface area contributed by atoms with Gasteiger partial charge in [-0.05, 0) is 47.5 Å². The van der Waals surface area contributed by atoms with Crippen LogP contribution in [0.2, 0.25) is 0 Å². The quantitative estimate of drug-likeness (QED) is 0.302. The number of ether oxygens (including phenoxy) is 2. The number of carbonyl (C=O) groups excluding carboxylic acids is 1. The minimum atomic E-state index is -1.27. The highest BCUT2D eigenvalue weighted by Gasteiger charge is 2.52. The van der Waals surface area contributed by atoms with Gasteiger partial charge in [-0.1, -0.05) is 48.5 Å². The molecular formula is C29H29FN2O4. The number of hydrogen-bond acceptors (Lipinski definition) is 5. The van der Waals surface area contributed by atoms with Gasteiger partial charge in [0.15, 0.2) is 11.6 Å². The highest BCUT2D eigenvalue weighted by atomic mass is 19.1. The van der Waals surface area contributed by atoms with Crippen LogP contribution in [-0.2, 0) is 16.1 Å². The van der Waals surface area contributed by atoms with Crippen molar-refractivity contribution in [3.05, 3.63) is 114 Å². The van der Waals surface area contributed by atoms with Crippen LogP contribution in [0.25, 0.3) is 0 Å². The lowest BCUT2D eigenvalue weighted by Gasteiger charge is -2.29. The third-order valence-electron chi connectivity index (χ3n) is 5.95. The van der Waals surface area contributed by atoms with Crippen LogP contribution < -0.4 is 10.1 Å². The number of nitrogens with zero attached hydrogens (tertiary/aromatic N) is 1. The molecule has 7 heteroatoms. The fourth-order valence-electron chi connectivity index (χ4n) is 4.10. The summed E-state index contributed by atoms with van der Waals surface area (Å²) in [5, 5.41) is 11.9. The zero-order valence-corrected chi connectivity index (χ0v) is 19.9. The van der Waals surface area contributed by atoms with Crippen molar-refractivity contribution in [1.29, 1.82) is 0 Å². The van der Waals surface area contributed by atoms with E-state index < -0.39 is 11.6 Å². The van der Waals surface area contributed by atoms with Crippen molar-refractivity contribution in [1.82, 2.24) is 5.32 Å². The molecule has 4 rings (SSSR count). The second kappa shape index (κ2) is 11.6. The summed E-state index contributed by atoms with van der Waals surface area (Å²) in [6.45, 7) is 4.58. The molecule has 0 saturated carbocycles. The van der Waals surface area contributed by atoms with Gasteiger partial charge in [0.05, 0.1) is 6.61 Å². The topological polar surface area (TPSA) is 80.2 Å². The number of rotatable bonds is 11. The van der Waals surface area contributed by atoms with Gasteiger partial charge < -0.3 is 19.9 Å². The third-order valence-corrected chi connectivity index (χ3v) is 5.95. The smallest absolute Gasteiger partial charge is 0.252 e. The van der Waals surface area contributed by atoms with Crippen molar-refractivity contribution in [2.75, 3.05) is 13.2 Å². The Morgan fingerprint density at radius 3 is 2.50 bits per heavy atom. The number of hydrogen-bond donors (Lipinski definition) is 2. The summed E-state index contributed by atoms with van der Waals surface area (Å²) < 4.78 is 25.2. The first-order chi connectivity index (χ1) is 17.6. The molecule has 0 saturated heterocycles. The first-order valence-electron chi connectivity index (χ1n) is 11.8. The maximum Gasteiger partial charge on any atom is 0.252 e. The van der Waals surface area contributed by atoms with Crippen LogP contribution in [0.4, 0.5) is 4.39 Å². The number of benzene rings is 3. The molecule has 186 valence electrons. The standard InChI is InChI=1S/C29H29FN2O4/c1-2-17-29(28(34)31-20-21-9-13-24(30)14-10-21)26(22-7-4-3-5-8-22)36-27(32-29)23-11-15-25(16-12-23)35-19-6-18-33/h2-5,7-16,26,33H,1,6,17-20H2,(H,31,34)/t26-,29-/m1/s1. The van der Waals surface area contributed by atoms with Gasteiger partial charge in [-0.2, -0.15) is 0 Å². The summed E-state index contributed by atoms with van der Waals surface area (Å²) >= 11 is 0. The van der Waals surface area contributed by atoms with E-state index in [1.165, 1.54) is 12.1 Å². The summed E-state index contributed by atoms with van der Waals surface area (Å²) in [7, 11) is 0. The molecule has 36 heavy (non-hydrogen) atoms. The van der Waals surface area contributed by atoms with Crippen LogP contribution >= 0.6 is 0 Å². The Morgan fingerprint density at radius 2 is 1.83 bits per heavy atom. The number of halogens is 1. The number of aliphatic hydroxyl groups is 1. The van der Waals surface area contributed by atoms with Crippen LogP contribution in [0.1, 0.15) is 35.6 Å². The lowest BCUT2D eigenvalue weighted by atomic mass is 9.84. The highest BCUT2D eigenvalue weighted by molar-refractivity contribution is 6.01. The zero-order valence-electron chi connectivity index (χ0n) is 19.9. The molecule has 1 aliphatic heterocycles. The third kappa shape index (κ3) is 5.63. The van der Waals surface area contributed by atoms with Crippen molar-refractivity contribution >= 4 is 11.8 Å². The molecule has 0 bridgehead atoms. The second-order valence-corrected chi connectivity index (χ2v) is 8.50. The average Bonchev–Trinajstić information content (AvgIpc) is 3.30. The van der Waals surface area contributed by atoms with Crippen molar-refractivity contribution in [3.63, 3.8) is 0 Å². The molecule has 1 heterocycles. The Bertz CT molecular complexity index is 1200. The zero-order chi connectivity index (χ0) is 25.4. The molecule has 2 N–H and O–H groups in total. The predicted octanol–water partition coefficient (Wildman–Crippen LogP) is 4.74. The maximum absolute atomic E-state index is 13.7. The number of nitrogens with one attached hydrogen (secondary N) is 1. The number of aliphatic hydroxyl groups excluding tert-OH is 1. The van der Waals surface area contributed by atoms with Crippen LogP contribution in [0, 0.1) is 5.82 Å². The predicted molar refractivity (Wildman–Crippen MR) is 136 cm³/mol. The van der Waals surface area contributed by atoms with E-state index in [2.05, 4.69) is 11.9 Å². The minimum absolute atomic E-state index is 0.0677. The monoisotopic (exact) mass is 488 g/mol. The van der Waals surface area contributed by atoms with Crippen molar-refractivity contribution < 1.29 is 23.8 Å². The van der Waals surface area contributed by atoms with E-state index in [9.17, 15) is 9.18 Å². The Hall–Kier alpha value is -3.97. The molecule has 1 amide bonds. The van der Waals surface area contributed by atoms with Crippen molar-refractivity contribution in [3.8, 4) is 5.75 Å². The molecule has 6 nitrogen and oxygen atoms in total. The van der Waals surface area contributed by atoms with Crippen LogP contribution in [-0.4, -0.2) is 35.7 Å². The molecular weight excluding hydrogens is 459 g/mol. The largest absolute Gasteiger partial charge is 0.494 e. The number of aliphatic imine (C=N–C) groups is 1. The molecule has 0 radical (unpaired) electrons. The molecule has 2 atom stereocenters. The van der Waals surface area contributed by atoms with E-state index in [0.717, 1.165) is 11.1 Å². The van der Waals surface area contributed by atoms with Crippen molar-refractivity contribution in [2.24, 2.45) is 4.99 Å². The van der Waals surface area contributed by atoms with Crippen LogP contribution in [0.5, 0.6) is 5.75 Å². The first-order valence-corrected chi connectivity index (χ1v) is 11.8. The Morgan fingerprint density at radius 1 is 1.11 bits per heavy atom. The summed E-state index contributed by atoms with van der Waals surface area (Å²) in [5.41, 5.74) is 1.03. The molecule has 0 aliphatic carbocycles. The Kier molecular flexibility index (Phi) is 8.13. The van der Waals surface area contributed by atoms with E-state index in [1.54, 1.807) is 30.3 Å². The molecule has 0 aromatic heterocycles. The molecule has 1 aliphatic rings. The highest BCUT2D eigenvalue weighted by Crippen LogP contribution is 2.42. The lowest BCUT2D eigenvalue weighted by molar-refractivity contribution is -0.129. The normalized spacial score (nSPS) is 18.7. The van der Waals surface area contributed by atoms with E-state index >= 15 is 0 Å². The van der Waals surface area contributed by atoms with Crippen molar-refractivity contribution in [2.45, 2.75) is 31.0 Å². The molecule has 0 spiro atoms. The molecule has 3 aromatic rings. The Labute approximate surface area is 210 Å². The van der Waals surface area contributed by atoms with Crippen LogP contribution in [0.15, 0.2) is 96.5 Å². The van der Waals surface area contributed by atoms with E-state index in [4.69, 9.17) is 19.6 Å². The molecule has 0 fully saturated rings. The van der Waals surface area contributed by atoms with E-state index in [1.807, 2.05) is 42.5 Å². The fraction of sp³-hybridized carbons (Fsp3) is 0.241. The molecule has 3 aromatic carbocycles. The van der Waals surface area contributed by atoms with E-state index in [-0.39, 0.29) is 31.3 Å². The molecule has 0 unspecified atom stereocenters. The number of amides is 1. The van der Waals surface area contributed by atoms with Gasteiger partial charge in [-0.15, -0.1) is 6.58 Å². The van der Waals surface area contributed by atoms with Gasteiger partial charge in [0.1, 0.15) is 11.6 Å². The van der Waals surface area contributed by atoms with Gasteiger partial charge >= 0.3 is 0 Å². The summed E-state index contributed by atoms with van der Waals surface area (Å²) in [6.07, 6.45) is 1.81. The Balaban J connectivity index is 1.64. The second-order valence-electron chi connectivity index (χ2n) is 8.50. The fourth-order valence-corrected chi connectivity index (χ4v) is 4.10. The van der Waals surface area contributed by atoms with Gasteiger partial charge in [0, 0.05) is 31.6 Å². The average molecular weight is 489 g/mol. The first kappa shape index (κ1) is 25.1. The summed E-state index contributed by atoms with van der Waals surface area (Å²) in [6, 6.07) is 22.8. The minimum Gasteiger partial charge on any atom is -0.494 e. The van der Waals surface area contributed by atoms with Gasteiger partial charge in [-0.3, -0.25) is 4.79 Å². The van der Waals surface area contributed by atoms with Gasteiger partial charge in [0.2, 0.25) is 5.90 Å². The SMILES string of the molecule is C=CC[C@@]1(C(=O)NCc2ccc(F)cc2)N=C(c2ccc(OCCCO)cc2)O[C@@H]1c1ccccc1. The van der Waals surface area contributed by atoms with Gasteiger partial charge in [0.25, 0.3) is 5.91 Å². The maximum atomic E-state index is 13.7. The van der Waals surface area contributed by atoms with Crippen LogP contribution in [0.3, 0.4) is 0 Å². The summed E-state index contributed by atoms with van der Waals surface area (Å²) in [4.78, 5) is 18.5. The summed E-state index contributed by atoms with van der Waals surface area (Å²) in [5.74, 6) is 0.379. The lowest BCUT2D eigenvalue weighted by Crippen LogP contribution is -2.47. The van der Waals surface area contributed by atoms with E-state index in [0.29, 0.717) is 30.2 Å².